The topological polar surface area (TPSA) is 38.5 Å². The van der Waals surface area contributed by atoms with E-state index in [4.69, 9.17) is 10.5 Å². The minimum Gasteiger partial charge on any atom is -0.380 e. The average molecular weight is 284 g/mol. The van der Waals surface area contributed by atoms with Gasteiger partial charge in [-0.15, -0.1) is 0 Å². The largest absolute Gasteiger partial charge is 0.380 e. The molecule has 0 unspecified atom stereocenters. The number of ether oxygens (including phenoxy) is 1. The molecule has 20 heavy (non-hydrogen) atoms. The van der Waals surface area contributed by atoms with Crippen LogP contribution in [0.2, 0.25) is 0 Å². The highest BCUT2D eigenvalue weighted by atomic mass is 16.5. The first-order valence-electron chi connectivity index (χ1n) is 8.23. The van der Waals surface area contributed by atoms with Crippen LogP contribution in [0.3, 0.4) is 0 Å². The number of likely N-dealkylation sites (N-methyl/N-ethyl adjacent to an activating group) is 1. The Bertz CT molecular complexity index is 283. The van der Waals surface area contributed by atoms with Gasteiger partial charge in [-0.25, -0.2) is 0 Å². The molecule has 120 valence electrons. The molecule has 1 aliphatic rings. The van der Waals surface area contributed by atoms with Crippen LogP contribution in [-0.4, -0.2) is 43.3 Å². The second kappa shape index (κ2) is 6.76. The van der Waals surface area contributed by atoms with Crippen molar-refractivity contribution in [2.24, 2.45) is 16.6 Å². The molecule has 3 heteroatoms. The van der Waals surface area contributed by atoms with Crippen molar-refractivity contribution in [2.45, 2.75) is 66.3 Å². The lowest BCUT2D eigenvalue weighted by atomic mass is 9.58. The van der Waals surface area contributed by atoms with Gasteiger partial charge in [0.15, 0.2) is 0 Å². The van der Waals surface area contributed by atoms with Gasteiger partial charge in [0.2, 0.25) is 0 Å². The zero-order valence-electron chi connectivity index (χ0n) is 14.6. The predicted molar refractivity (Wildman–Crippen MR) is 86.9 cm³/mol. The van der Waals surface area contributed by atoms with Crippen molar-refractivity contribution in [3.05, 3.63) is 0 Å². The summed E-state index contributed by atoms with van der Waals surface area (Å²) in [4.78, 5) is 2.57. The number of rotatable bonds is 7. The number of nitrogens with two attached hydrogens (primary N) is 1. The molecule has 1 rings (SSSR count). The molecule has 1 fully saturated rings. The standard InChI is InChI=1S/C17H36N2O/c1-7-19(9-10-20-8-2)17(14-18)12-15(3,4)11-16(5,6)13-17/h7-14,18H2,1-6H3. The third-order valence-corrected chi connectivity index (χ3v) is 4.71. The van der Waals surface area contributed by atoms with E-state index in [0.29, 0.717) is 10.8 Å². The molecule has 1 saturated carbocycles. The number of hydrogen-bond acceptors (Lipinski definition) is 3. The quantitative estimate of drug-likeness (QED) is 0.729. The first-order chi connectivity index (χ1) is 9.20. The van der Waals surface area contributed by atoms with Crippen LogP contribution in [0.15, 0.2) is 0 Å². The third kappa shape index (κ3) is 4.44. The van der Waals surface area contributed by atoms with Gasteiger partial charge in [0.1, 0.15) is 0 Å². The summed E-state index contributed by atoms with van der Waals surface area (Å²) in [5.41, 5.74) is 7.14. The van der Waals surface area contributed by atoms with E-state index < -0.39 is 0 Å². The fourth-order valence-corrected chi connectivity index (χ4v) is 4.81. The van der Waals surface area contributed by atoms with E-state index >= 15 is 0 Å². The molecule has 0 aromatic heterocycles. The van der Waals surface area contributed by atoms with Crippen molar-refractivity contribution in [3.8, 4) is 0 Å². The summed E-state index contributed by atoms with van der Waals surface area (Å²) in [6.45, 7) is 18.3. The van der Waals surface area contributed by atoms with E-state index in [0.717, 1.165) is 32.8 Å². The van der Waals surface area contributed by atoms with Crippen molar-refractivity contribution < 1.29 is 4.74 Å². The lowest BCUT2D eigenvalue weighted by Crippen LogP contribution is -2.61. The van der Waals surface area contributed by atoms with Gasteiger partial charge in [-0.2, -0.15) is 0 Å². The molecule has 0 aromatic carbocycles. The van der Waals surface area contributed by atoms with Crippen LogP contribution in [0.4, 0.5) is 0 Å². The van der Waals surface area contributed by atoms with Gasteiger partial charge in [0.05, 0.1) is 6.61 Å². The fourth-order valence-electron chi connectivity index (χ4n) is 4.81. The second-order valence-electron chi connectivity index (χ2n) is 8.06. The minimum absolute atomic E-state index is 0.136. The van der Waals surface area contributed by atoms with Gasteiger partial charge in [0.25, 0.3) is 0 Å². The van der Waals surface area contributed by atoms with E-state index in [9.17, 15) is 0 Å². The van der Waals surface area contributed by atoms with Crippen molar-refractivity contribution in [2.75, 3.05) is 32.8 Å². The van der Waals surface area contributed by atoms with E-state index in [2.05, 4.69) is 46.4 Å². The summed E-state index contributed by atoms with van der Waals surface area (Å²) < 4.78 is 5.57. The molecule has 0 atom stereocenters. The Hall–Kier alpha value is -0.120. The first kappa shape index (κ1) is 17.9. The summed E-state index contributed by atoms with van der Waals surface area (Å²) in [5, 5.41) is 0. The average Bonchev–Trinajstić information content (AvgIpc) is 2.30. The van der Waals surface area contributed by atoms with Crippen molar-refractivity contribution in [1.29, 1.82) is 0 Å². The van der Waals surface area contributed by atoms with Gasteiger partial charge in [-0.1, -0.05) is 34.6 Å². The van der Waals surface area contributed by atoms with Gasteiger partial charge < -0.3 is 10.5 Å². The van der Waals surface area contributed by atoms with Crippen molar-refractivity contribution in [1.82, 2.24) is 4.90 Å². The molecule has 0 saturated heterocycles. The minimum atomic E-state index is 0.136. The second-order valence-corrected chi connectivity index (χ2v) is 8.06. The Labute approximate surface area is 126 Å². The highest BCUT2D eigenvalue weighted by molar-refractivity contribution is 5.04. The van der Waals surface area contributed by atoms with Crippen LogP contribution in [0.25, 0.3) is 0 Å². The molecule has 0 aromatic rings. The molecule has 0 bridgehead atoms. The molecule has 3 nitrogen and oxygen atoms in total. The van der Waals surface area contributed by atoms with Crippen LogP contribution in [0, 0.1) is 10.8 Å². The molecular formula is C17H36N2O. The summed E-state index contributed by atoms with van der Waals surface area (Å²) >= 11 is 0. The van der Waals surface area contributed by atoms with Gasteiger partial charge in [-0.3, -0.25) is 4.90 Å². The maximum atomic E-state index is 6.28. The van der Waals surface area contributed by atoms with Crippen molar-refractivity contribution in [3.63, 3.8) is 0 Å². The van der Waals surface area contributed by atoms with Crippen LogP contribution < -0.4 is 5.73 Å². The Morgan fingerprint density at radius 1 is 1.00 bits per heavy atom. The van der Waals surface area contributed by atoms with Crippen LogP contribution >= 0.6 is 0 Å². The molecular weight excluding hydrogens is 248 g/mol. The summed E-state index contributed by atoms with van der Waals surface area (Å²) in [5.74, 6) is 0. The van der Waals surface area contributed by atoms with Crippen molar-refractivity contribution >= 4 is 0 Å². The first-order valence-corrected chi connectivity index (χ1v) is 8.23. The monoisotopic (exact) mass is 284 g/mol. The SMILES string of the molecule is CCOCCN(CC)C1(CN)CC(C)(C)CC(C)(C)C1. The lowest BCUT2D eigenvalue weighted by molar-refractivity contribution is -0.0504. The van der Waals surface area contributed by atoms with Gasteiger partial charge in [0, 0.05) is 25.2 Å². The Morgan fingerprint density at radius 2 is 1.55 bits per heavy atom. The Morgan fingerprint density at radius 3 is 1.95 bits per heavy atom. The Balaban J connectivity index is 2.92. The maximum absolute atomic E-state index is 6.28. The van der Waals surface area contributed by atoms with E-state index in [1.165, 1.54) is 19.3 Å². The maximum Gasteiger partial charge on any atom is 0.0593 e. The normalized spacial score (nSPS) is 24.0. The fraction of sp³-hybridized carbons (Fsp3) is 1.00. The van der Waals surface area contributed by atoms with Gasteiger partial charge >= 0.3 is 0 Å². The summed E-state index contributed by atoms with van der Waals surface area (Å²) in [6, 6.07) is 0. The number of nitrogens with zero attached hydrogens (tertiary/aromatic N) is 1. The molecule has 0 radical (unpaired) electrons. The van der Waals surface area contributed by atoms with Crippen LogP contribution in [0.5, 0.6) is 0 Å². The molecule has 2 N–H and O–H groups in total. The highest BCUT2D eigenvalue weighted by Crippen LogP contribution is 2.51. The zero-order valence-corrected chi connectivity index (χ0v) is 14.6. The molecule has 0 spiro atoms. The van der Waals surface area contributed by atoms with E-state index in [-0.39, 0.29) is 5.54 Å². The Kier molecular flexibility index (Phi) is 6.06. The van der Waals surface area contributed by atoms with E-state index in [1.807, 2.05) is 0 Å². The molecule has 0 aliphatic heterocycles. The molecule has 0 amide bonds. The highest BCUT2D eigenvalue weighted by Gasteiger charge is 2.49. The summed E-state index contributed by atoms with van der Waals surface area (Å²) in [7, 11) is 0. The smallest absolute Gasteiger partial charge is 0.0593 e. The van der Waals surface area contributed by atoms with Crippen LogP contribution in [-0.2, 0) is 4.74 Å². The van der Waals surface area contributed by atoms with E-state index in [1.54, 1.807) is 0 Å². The predicted octanol–water partition coefficient (Wildman–Crippen LogP) is 3.28. The lowest BCUT2D eigenvalue weighted by Gasteiger charge is -2.56. The third-order valence-electron chi connectivity index (χ3n) is 4.71. The zero-order chi connectivity index (χ0) is 15.4. The van der Waals surface area contributed by atoms with Gasteiger partial charge in [-0.05, 0) is 43.6 Å². The van der Waals surface area contributed by atoms with Crippen LogP contribution in [0.1, 0.15) is 60.8 Å². The number of hydrogen-bond donors (Lipinski definition) is 1. The molecule has 0 heterocycles. The molecule has 1 aliphatic carbocycles. The summed E-state index contributed by atoms with van der Waals surface area (Å²) in [6.07, 6.45) is 3.67.